The van der Waals surface area contributed by atoms with Crippen molar-refractivity contribution in [2.45, 2.75) is 6.92 Å². The van der Waals surface area contributed by atoms with Gasteiger partial charge in [0.2, 0.25) is 0 Å². The van der Waals surface area contributed by atoms with E-state index in [1.165, 1.54) is 0 Å². The number of fused-ring (bicyclic) bond motifs is 1. The van der Waals surface area contributed by atoms with Gasteiger partial charge in [0.05, 0.1) is 0 Å². The van der Waals surface area contributed by atoms with Gasteiger partial charge in [-0.1, -0.05) is 52.3 Å². The van der Waals surface area contributed by atoms with Crippen molar-refractivity contribution in [1.82, 2.24) is 5.32 Å². The molecule has 0 atom stereocenters. The Labute approximate surface area is 165 Å². The fraction of sp³-hybridized carbons (Fsp3) is 0.100. The lowest BCUT2D eigenvalue weighted by molar-refractivity contribution is -0.121. The van der Waals surface area contributed by atoms with E-state index in [0.717, 1.165) is 26.5 Å². The van der Waals surface area contributed by atoms with Gasteiger partial charge < -0.3 is 10.1 Å². The second-order valence-corrected chi connectivity index (χ2v) is 6.99. The van der Waals surface area contributed by atoms with Crippen LogP contribution in [-0.2, 0) is 4.79 Å². The number of nitrogens with one attached hydrogen (secondary N) is 2. The Morgan fingerprint density at radius 1 is 1.12 bits per heavy atom. The van der Waals surface area contributed by atoms with Crippen molar-refractivity contribution in [3.63, 3.8) is 0 Å². The van der Waals surface area contributed by atoms with Gasteiger partial charge in [0.15, 0.2) is 11.7 Å². The number of rotatable bonds is 4. The number of carbonyl (C=O) groups is 1. The van der Waals surface area contributed by atoms with Crippen molar-refractivity contribution in [1.29, 1.82) is 0 Å². The fourth-order valence-electron chi connectivity index (χ4n) is 2.51. The Kier molecular flexibility index (Phi) is 5.85. The molecule has 0 saturated heterocycles. The third kappa shape index (κ3) is 4.59. The first-order chi connectivity index (χ1) is 12.5. The molecule has 0 saturated carbocycles. The molecule has 6 heteroatoms. The predicted octanol–water partition coefficient (Wildman–Crippen LogP) is 4.80. The first kappa shape index (κ1) is 18.4. The maximum absolute atomic E-state index is 12.1. The summed E-state index contributed by atoms with van der Waals surface area (Å²) in [5.41, 5.74) is 1.88. The van der Waals surface area contributed by atoms with Crippen LogP contribution in [0.3, 0.4) is 0 Å². The van der Waals surface area contributed by atoms with E-state index in [-0.39, 0.29) is 17.6 Å². The van der Waals surface area contributed by atoms with E-state index in [0.29, 0.717) is 5.75 Å². The molecule has 132 valence electrons. The van der Waals surface area contributed by atoms with E-state index in [4.69, 9.17) is 17.0 Å². The molecule has 3 rings (SSSR count). The quantitative estimate of drug-likeness (QED) is 0.585. The van der Waals surface area contributed by atoms with Crippen LogP contribution in [0.2, 0.25) is 0 Å². The molecule has 0 spiro atoms. The Balaban J connectivity index is 1.57. The van der Waals surface area contributed by atoms with Crippen molar-refractivity contribution in [3.05, 3.63) is 70.7 Å². The molecule has 0 fully saturated rings. The molecular formula is C20H17BrN2O2S. The van der Waals surface area contributed by atoms with Crippen LogP contribution in [0.15, 0.2) is 65.1 Å². The van der Waals surface area contributed by atoms with Gasteiger partial charge in [0, 0.05) is 15.5 Å². The van der Waals surface area contributed by atoms with Crippen LogP contribution in [0.25, 0.3) is 10.8 Å². The van der Waals surface area contributed by atoms with Crippen LogP contribution in [0.4, 0.5) is 5.69 Å². The van der Waals surface area contributed by atoms with E-state index in [2.05, 4.69) is 26.6 Å². The van der Waals surface area contributed by atoms with Crippen molar-refractivity contribution >= 4 is 55.6 Å². The smallest absolute Gasteiger partial charge is 0.264 e. The predicted molar refractivity (Wildman–Crippen MR) is 113 cm³/mol. The van der Waals surface area contributed by atoms with Crippen LogP contribution in [0.1, 0.15) is 5.56 Å². The second-order valence-electron chi connectivity index (χ2n) is 5.73. The molecule has 3 aromatic rings. The van der Waals surface area contributed by atoms with Gasteiger partial charge in [0.25, 0.3) is 5.91 Å². The summed E-state index contributed by atoms with van der Waals surface area (Å²) < 4.78 is 6.50. The van der Waals surface area contributed by atoms with E-state index < -0.39 is 0 Å². The number of ether oxygens (including phenoxy) is 1. The number of carbonyl (C=O) groups excluding carboxylic acids is 1. The number of thiocarbonyl (C=S) groups is 1. The standard InChI is InChI=1S/C20H17BrN2O2S/c1-13-11-15(9-10-17(13)21)25-12-19(24)23-20(26)22-18-8-4-6-14-5-2-3-7-16(14)18/h2-11H,12H2,1H3,(H2,22,23,24,26). The van der Waals surface area contributed by atoms with Crippen LogP contribution >= 0.6 is 28.1 Å². The number of hydrogen-bond acceptors (Lipinski definition) is 3. The molecular weight excluding hydrogens is 412 g/mol. The molecule has 26 heavy (non-hydrogen) atoms. The first-order valence-electron chi connectivity index (χ1n) is 8.00. The lowest BCUT2D eigenvalue weighted by Crippen LogP contribution is -2.37. The summed E-state index contributed by atoms with van der Waals surface area (Å²) in [4.78, 5) is 12.1. The van der Waals surface area contributed by atoms with Crippen LogP contribution < -0.4 is 15.4 Å². The summed E-state index contributed by atoms with van der Waals surface area (Å²) >= 11 is 8.67. The third-order valence-electron chi connectivity index (χ3n) is 3.79. The highest BCUT2D eigenvalue weighted by Gasteiger charge is 2.08. The van der Waals surface area contributed by atoms with Gasteiger partial charge in [-0.3, -0.25) is 10.1 Å². The number of anilines is 1. The van der Waals surface area contributed by atoms with Gasteiger partial charge >= 0.3 is 0 Å². The highest BCUT2D eigenvalue weighted by molar-refractivity contribution is 9.10. The molecule has 0 heterocycles. The molecule has 2 N–H and O–H groups in total. The van der Waals surface area contributed by atoms with Crippen LogP contribution in [0, 0.1) is 6.92 Å². The van der Waals surface area contributed by atoms with Crippen molar-refractivity contribution < 1.29 is 9.53 Å². The Bertz CT molecular complexity index is 970. The highest BCUT2D eigenvalue weighted by atomic mass is 79.9. The molecule has 1 amide bonds. The summed E-state index contributed by atoms with van der Waals surface area (Å²) in [6.07, 6.45) is 0. The molecule has 0 aliphatic carbocycles. The zero-order chi connectivity index (χ0) is 18.5. The topological polar surface area (TPSA) is 50.4 Å². The van der Waals surface area contributed by atoms with Crippen LogP contribution in [-0.4, -0.2) is 17.6 Å². The Morgan fingerprint density at radius 3 is 2.69 bits per heavy atom. The zero-order valence-electron chi connectivity index (χ0n) is 14.1. The highest BCUT2D eigenvalue weighted by Crippen LogP contribution is 2.23. The summed E-state index contributed by atoms with van der Waals surface area (Å²) in [6, 6.07) is 19.4. The number of benzene rings is 3. The summed E-state index contributed by atoms with van der Waals surface area (Å²) in [6.45, 7) is 1.85. The fourth-order valence-corrected chi connectivity index (χ4v) is 2.98. The van der Waals surface area contributed by atoms with Crippen LogP contribution in [0.5, 0.6) is 5.75 Å². The minimum atomic E-state index is -0.316. The summed E-state index contributed by atoms with van der Waals surface area (Å²) in [7, 11) is 0. The van der Waals surface area contributed by atoms with Gasteiger partial charge in [-0.05, 0) is 54.4 Å². The molecule has 0 unspecified atom stereocenters. The zero-order valence-corrected chi connectivity index (χ0v) is 16.5. The maximum Gasteiger partial charge on any atom is 0.264 e. The summed E-state index contributed by atoms with van der Waals surface area (Å²) in [5, 5.41) is 8.08. The van der Waals surface area contributed by atoms with Crippen molar-refractivity contribution in [2.75, 3.05) is 11.9 Å². The normalized spacial score (nSPS) is 10.4. The number of hydrogen-bond donors (Lipinski definition) is 2. The lowest BCUT2D eigenvalue weighted by Gasteiger charge is -2.12. The average molecular weight is 429 g/mol. The molecule has 3 aromatic carbocycles. The number of halogens is 1. The Morgan fingerprint density at radius 2 is 1.88 bits per heavy atom. The van der Waals surface area contributed by atoms with Crippen molar-refractivity contribution in [3.8, 4) is 5.75 Å². The van der Waals surface area contributed by atoms with E-state index in [1.807, 2.05) is 61.5 Å². The molecule has 0 aliphatic rings. The minimum absolute atomic E-state index is 0.113. The first-order valence-corrected chi connectivity index (χ1v) is 9.20. The molecule has 4 nitrogen and oxygen atoms in total. The molecule has 0 radical (unpaired) electrons. The number of aryl methyl sites for hydroxylation is 1. The monoisotopic (exact) mass is 428 g/mol. The van der Waals surface area contributed by atoms with Gasteiger partial charge in [-0.2, -0.15) is 0 Å². The van der Waals surface area contributed by atoms with E-state index >= 15 is 0 Å². The van der Waals surface area contributed by atoms with E-state index in [1.54, 1.807) is 6.07 Å². The average Bonchev–Trinajstić information content (AvgIpc) is 2.63. The maximum atomic E-state index is 12.1. The van der Waals surface area contributed by atoms with E-state index in [9.17, 15) is 4.79 Å². The van der Waals surface area contributed by atoms with Gasteiger partial charge in [-0.15, -0.1) is 0 Å². The molecule has 0 aromatic heterocycles. The van der Waals surface area contributed by atoms with Gasteiger partial charge in [-0.25, -0.2) is 0 Å². The van der Waals surface area contributed by atoms with Gasteiger partial charge in [0.1, 0.15) is 5.75 Å². The van der Waals surface area contributed by atoms with Crippen molar-refractivity contribution in [2.24, 2.45) is 0 Å². The summed E-state index contributed by atoms with van der Waals surface area (Å²) in [5.74, 6) is 0.317. The SMILES string of the molecule is Cc1cc(OCC(=O)NC(=S)Nc2cccc3ccccc23)ccc1Br. The molecule has 0 bridgehead atoms. The number of amides is 1. The lowest BCUT2D eigenvalue weighted by atomic mass is 10.1. The largest absolute Gasteiger partial charge is 0.484 e. The third-order valence-corrected chi connectivity index (χ3v) is 4.88. The Hall–Kier alpha value is -2.44. The minimum Gasteiger partial charge on any atom is -0.484 e. The second kappa shape index (κ2) is 8.29. The molecule has 0 aliphatic heterocycles.